The third kappa shape index (κ3) is 5.47. The highest BCUT2D eigenvalue weighted by atomic mass is 35.5. The minimum absolute atomic E-state index is 0.0406. The van der Waals surface area contributed by atoms with Crippen LogP contribution in [0.2, 0.25) is 5.02 Å². The number of halogens is 9. The Labute approximate surface area is 163 Å². The number of carboxylic acids is 1. The van der Waals surface area contributed by atoms with Crippen molar-refractivity contribution >= 4 is 23.4 Å². The van der Waals surface area contributed by atoms with Gasteiger partial charge < -0.3 is 5.11 Å². The molecule has 0 aliphatic heterocycles. The van der Waals surface area contributed by atoms with Gasteiger partial charge in [0.2, 0.25) is 0 Å². The van der Waals surface area contributed by atoms with Gasteiger partial charge >= 0.3 is 18.3 Å². The van der Waals surface area contributed by atoms with E-state index in [0.717, 1.165) is 12.1 Å². The fourth-order valence-electron chi connectivity index (χ4n) is 2.49. The molecular weight excluding hydrogens is 436 g/mol. The third-order valence-electron chi connectivity index (χ3n) is 3.74. The molecule has 0 aliphatic carbocycles. The average Bonchev–Trinajstić information content (AvgIpc) is 2.56. The highest BCUT2D eigenvalue weighted by molar-refractivity contribution is 6.30. The van der Waals surface area contributed by atoms with E-state index in [1.165, 1.54) is 0 Å². The topological polar surface area (TPSA) is 37.3 Å². The molecule has 2 aromatic rings. The van der Waals surface area contributed by atoms with Gasteiger partial charge in [0.15, 0.2) is 0 Å². The quantitative estimate of drug-likeness (QED) is 0.523. The van der Waals surface area contributed by atoms with E-state index in [-0.39, 0.29) is 12.1 Å². The number of alkyl halides is 6. The fourth-order valence-corrected chi connectivity index (χ4v) is 2.72. The van der Waals surface area contributed by atoms with E-state index < -0.39 is 63.2 Å². The molecule has 0 radical (unpaired) electrons. The predicted molar refractivity (Wildman–Crippen MR) is 87.7 cm³/mol. The molecule has 1 unspecified atom stereocenters. The molecular formula is C18H9ClF8O2. The number of hydrogen-bond acceptors (Lipinski definition) is 1. The number of benzene rings is 2. The molecule has 0 spiro atoms. The molecule has 0 fully saturated rings. The minimum Gasteiger partial charge on any atom is -0.478 e. The molecule has 2 rings (SSSR count). The van der Waals surface area contributed by atoms with Gasteiger partial charge in [-0.05, 0) is 42.0 Å². The summed E-state index contributed by atoms with van der Waals surface area (Å²) in [6.45, 7) is 0. The Balaban J connectivity index is 2.60. The van der Waals surface area contributed by atoms with Crippen LogP contribution >= 0.6 is 11.6 Å². The number of allylic oxidation sites excluding steroid dienone is 1. The summed E-state index contributed by atoms with van der Waals surface area (Å²) in [6.07, 6.45) is -10.4. The molecule has 0 heterocycles. The van der Waals surface area contributed by atoms with Crippen LogP contribution in [-0.2, 0) is 6.18 Å². The summed E-state index contributed by atoms with van der Waals surface area (Å²) in [7, 11) is 0. The van der Waals surface area contributed by atoms with Gasteiger partial charge in [-0.25, -0.2) is 13.6 Å². The van der Waals surface area contributed by atoms with Gasteiger partial charge in [-0.2, -0.15) is 26.3 Å². The van der Waals surface area contributed by atoms with E-state index in [9.17, 15) is 39.9 Å². The van der Waals surface area contributed by atoms with Crippen molar-refractivity contribution in [3.63, 3.8) is 0 Å². The van der Waals surface area contributed by atoms with Crippen LogP contribution < -0.4 is 0 Å². The highest BCUT2D eigenvalue weighted by Crippen LogP contribution is 2.40. The lowest BCUT2D eigenvalue weighted by Crippen LogP contribution is -2.19. The maximum Gasteiger partial charge on any atom is 0.417 e. The largest absolute Gasteiger partial charge is 0.478 e. The number of rotatable bonds is 4. The first kappa shape index (κ1) is 22.7. The maximum atomic E-state index is 14.4. The molecule has 0 amide bonds. The van der Waals surface area contributed by atoms with E-state index in [4.69, 9.17) is 16.7 Å². The van der Waals surface area contributed by atoms with Gasteiger partial charge in [0, 0.05) is 10.6 Å². The number of hydrogen-bond donors (Lipinski definition) is 1. The smallest absolute Gasteiger partial charge is 0.417 e. The standard InChI is InChI=1S/C18H9ClF8O2/c19-10-3-9(4-11(20)6-10)13(17(22,23)24)7-15(21)8-1-2-12(16(28)29)14(5-8)18(25,26)27/h1-7,13H,(H,28,29). The van der Waals surface area contributed by atoms with Crippen molar-refractivity contribution in [2.75, 3.05) is 0 Å². The average molecular weight is 445 g/mol. The van der Waals surface area contributed by atoms with Crippen LogP contribution in [0, 0.1) is 5.82 Å². The highest BCUT2D eigenvalue weighted by Gasteiger charge is 2.41. The molecule has 11 heteroatoms. The number of aromatic carboxylic acids is 1. The van der Waals surface area contributed by atoms with Crippen molar-refractivity contribution in [3.8, 4) is 0 Å². The second kappa shape index (κ2) is 8.02. The Morgan fingerprint density at radius 3 is 2.14 bits per heavy atom. The summed E-state index contributed by atoms with van der Waals surface area (Å²) in [5, 5.41) is 8.41. The van der Waals surface area contributed by atoms with Crippen LogP contribution in [-0.4, -0.2) is 17.3 Å². The molecule has 29 heavy (non-hydrogen) atoms. The van der Waals surface area contributed by atoms with E-state index in [1.807, 2.05) is 0 Å². The van der Waals surface area contributed by atoms with Crippen molar-refractivity contribution < 1.29 is 45.0 Å². The van der Waals surface area contributed by atoms with Crippen LogP contribution in [0.4, 0.5) is 35.1 Å². The summed E-state index contributed by atoms with van der Waals surface area (Å²) >= 11 is 5.51. The summed E-state index contributed by atoms with van der Waals surface area (Å²) in [5.41, 5.74) is -4.63. The summed E-state index contributed by atoms with van der Waals surface area (Å²) in [5.74, 6) is -7.50. The SMILES string of the molecule is O=C(O)c1ccc(C(F)=CC(c2cc(F)cc(Cl)c2)C(F)(F)F)cc1C(F)(F)F. The van der Waals surface area contributed by atoms with Gasteiger partial charge in [-0.1, -0.05) is 17.7 Å². The number of carbonyl (C=O) groups is 1. The minimum atomic E-state index is -5.19. The Hall–Kier alpha value is -2.62. The lowest BCUT2D eigenvalue weighted by atomic mass is 9.95. The van der Waals surface area contributed by atoms with Crippen LogP contribution in [0.5, 0.6) is 0 Å². The van der Waals surface area contributed by atoms with Gasteiger partial charge in [0.25, 0.3) is 0 Å². The van der Waals surface area contributed by atoms with Crippen LogP contribution in [0.25, 0.3) is 5.83 Å². The Morgan fingerprint density at radius 2 is 1.66 bits per heavy atom. The normalized spacial score (nSPS) is 14.0. The van der Waals surface area contributed by atoms with E-state index in [0.29, 0.717) is 18.2 Å². The monoisotopic (exact) mass is 444 g/mol. The van der Waals surface area contributed by atoms with Crippen molar-refractivity contribution in [2.45, 2.75) is 18.3 Å². The zero-order valence-corrected chi connectivity index (χ0v) is 14.6. The lowest BCUT2D eigenvalue weighted by molar-refractivity contribution is -0.140. The second-order valence-electron chi connectivity index (χ2n) is 5.80. The van der Waals surface area contributed by atoms with Gasteiger partial charge in [-0.15, -0.1) is 0 Å². The van der Waals surface area contributed by atoms with E-state index in [2.05, 4.69) is 0 Å². The molecule has 2 nitrogen and oxygen atoms in total. The van der Waals surface area contributed by atoms with E-state index in [1.54, 1.807) is 0 Å². The molecule has 156 valence electrons. The fraction of sp³-hybridized carbons (Fsp3) is 0.167. The predicted octanol–water partition coefficient (Wildman–Crippen LogP) is 6.85. The maximum absolute atomic E-state index is 14.4. The lowest BCUT2D eigenvalue weighted by Gasteiger charge is -2.18. The van der Waals surface area contributed by atoms with Crippen LogP contribution in [0.1, 0.15) is 33.0 Å². The first-order valence-electron chi connectivity index (χ1n) is 7.55. The molecule has 0 saturated heterocycles. The molecule has 2 aromatic carbocycles. The summed E-state index contributed by atoms with van der Waals surface area (Å²) in [4.78, 5) is 10.9. The van der Waals surface area contributed by atoms with Gasteiger partial charge in [-0.3, -0.25) is 0 Å². The summed E-state index contributed by atoms with van der Waals surface area (Å²) in [6, 6.07) is 3.02. The van der Waals surface area contributed by atoms with E-state index >= 15 is 0 Å². The Kier molecular flexibility index (Phi) is 6.27. The molecule has 0 aliphatic rings. The zero-order chi connectivity index (χ0) is 22.1. The molecule has 1 atom stereocenters. The molecule has 0 aromatic heterocycles. The second-order valence-corrected chi connectivity index (χ2v) is 6.24. The van der Waals surface area contributed by atoms with Crippen LogP contribution in [0.3, 0.4) is 0 Å². The van der Waals surface area contributed by atoms with Crippen molar-refractivity contribution in [3.05, 3.63) is 75.6 Å². The first-order valence-corrected chi connectivity index (χ1v) is 7.93. The number of carboxylic acid groups (broad SMARTS) is 1. The van der Waals surface area contributed by atoms with Crippen molar-refractivity contribution in [2.24, 2.45) is 0 Å². The molecule has 0 saturated carbocycles. The third-order valence-corrected chi connectivity index (χ3v) is 3.96. The molecule has 0 bridgehead atoms. The van der Waals surface area contributed by atoms with Gasteiger partial charge in [0.05, 0.1) is 11.1 Å². The summed E-state index contributed by atoms with van der Waals surface area (Å²) < 4.78 is 107. The first-order chi connectivity index (χ1) is 13.2. The van der Waals surface area contributed by atoms with Crippen molar-refractivity contribution in [1.29, 1.82) is 0 Å². The van der Waals surface area contributed by atoms with Crippen molar-refractivity contribution in [1.82, 2.24) is 0 Å². The van der Waals surface area contributed by atoms with Crippen LogP contribution in [0.15, 0.2) is 42.5 Å². The Bertz CT molecular complexity index is 943. The molecule has 1 N–H and O–H groups in total. The Morgan fingerprint density at radius 1 is 1.03 bits per heavy atom. The zero-order valence-electron chi connectivity index (χ0n) is 13.9. The van der Waals surface area contributed by atoms with Gasteiger partial charge in [0.1, 0.15) is 17.6 Å².